The number of sulfonamides is 1. The highest BCUT2D eigenvalue weighted by atomic mass is 35.5. The quantitative estimate of drug-likeness (QED) is 0.762. The van der Waals surface area contributed by atoms with Gasteiger partial charge < -0.3 is 9.30 Å². The van der Waals surface area contributed by atoms with Crippen molar-refractivity contribution < 1.29 is 13.2 Å². The molecule has 2 heterocycles. The summed E-state index contributed by atoms with van der Waals surface area (Å²) in [6, 6.07) is 6.59. The fraction of sp³-hybridized carbons (Fsp3) is 0.500. The molecular formula is C16H21ClN4O3S. The molecule has 1 aromatic heterocycles. The van der Waals surface area contributed by atoms with E-state index >= 15 is 0 Å². The Morgan fingerprint density at radius 3 is 2.76 bits per heavy atom. The summed E-state index contributed by atoms with van der Waals surface area (Å²) in [5, 5.41) is 8.55. The lowest BCUT2D eigenvalue weighted by atomic mass is 10.1. The highest BCUT2D eigenvalue weighted by Gasteiger charge is 2.30. The topological polar surface area (TPSA) is 77.3 Å². The number of piperidine rings is 1. The minimum atomic E-state index is -3.51. The first-order valence-corrected chi connectivity index (χ1v) is 9.97. The molecule has 25 heavy (non-hydrogen) atoms. The molecule has 7 nitrogen and oxygen atoms in total. The fourth-order valence-corrected chi connectivity index (χ4v) is 4.85. The summed E-state index contributed by atoms with van der Waals surface area (Å²) >= 11 is 5.93. The zero-order chi connectivity index (χ0) is 17.9. The molecule has 0 radical (unpaired) electrons. The zero-order valence-corrected chi connectivity index (χ0v) is 15.6. The van der Waals surface area contributed by atoms with Crippen LogP contribution in [0.1, 0.15) is 24.7 Å². The summed E-state index contributed by atoms with van der Waals surface area (Å²) in [5.41, 5.74) is 0. The van der Waals surface area contributed by atoms with E-state index in [1.54, 1.807) is 31.6 Å². The molecule has 0 amide bonds. The number of hydrogen-bond acceptors (Lipinski definition) is 5. The van der Waals surface area contributed by atoms with Crippen molar-refractivity contribution in [3.8, 4) is 0 Å². The lowest BCUT2D eigenvalue weighted by Gasteiger charge is -2.32. The molecule has 1 saturated heterocycles. The van der Waals surface area contributed by atoms with Gasteiger partial charge in [-0.2, -0.15) is 4.31 Å². The summed E-state index contributed by atoms with van der Waals surface area (Å²) in [6.07, 6.45) is 3.85. The minimum absolute atomic E-state index is 0.202. The number of aromatic nitrogens is 3. The minimum Gasteiger partial charge on any atom is -0.384 e. The van der Waals surface area contributed by atoms with Crippen LogP contribution in [0.2, 0.25) is 5.02 Å². The Balaban J connectivity index is 1.69. The third-order valence-electron chi connectivity index (χ3n) is 4.43. The maximum absolute atomic E-state index is 12.8. The Morgan fingerprint density at radius 2 is 2.08 bits per heavy atom. The predicted octanol–water partition coefficient (Wildman–Crippen LogP) is 2.15. The molecule has 0 saturated carbocycles. The van der Waals surface area contributed by atoms with Crippen molar-refractivity contribution in [2.75, 3.05) is 26.8 Å². The number of hydrogen-bond donors (Lipinski definition) is 0. The molecule has 1 aromatic carbocycles. The summed E-state index contributed by atoms with van der Waals surface area (Å²) < 4.78 is 34.2. The average Bonchev–Trinajstić information content (AvgIpc) is 3.08. The number of benzene rings is 1. The highest BCUT2D eigenvalue weighted by molar-refractivity contribution is 7.89. The van der Waals surface area contributed by atoms with E-state index in [0.717, 1.165) is 18.7 Å². The van der Waals surface area contributed by atoms with Gasteiger partial charge in [0.25, 0.3) is 0 Å². The number of halogens is 1. The van der Waals surface area contributed by atoms with E-state index in [1.807, 2.05) is 4.57 Å². The number of methoxy groups -OCH3 is 1. The molecule has 2 aromatic rings. The van der Waals surface area contributed by atoms with Crippen LogP contribution < -0.4 is 0 Å². The van der Waals surface area contributed by atoms with Crippen molar-refractivity contribution in [1.82, 2.24) is 19.1 Å². The molecule has 9 heteroatoms. The maximum atomic E-state index is 12.8. The Hall–Kier alpha value is -1.48. The van der Waals surface area contributed by atoms with Gasteiger partial charge in [-0.15, -0.1) is 10.2 Å². The van der Waals surface area contributed by atoms with Crippen molar-refractivity contribution >= 4 is 21.6 Å². The summed E-state index contributed by atoms with van der Waals surface area (Å²) in [6.45, 7) is 1.50. The van der Waals surface area contributed by atoms with Gasteiger partial charge in [-0.1, -0.05) is 17.7 Å². The van der Waals surface area contributed by atoms with Crippen LogP contribution in [-0.4, -0.2) is 54.3 Å². The van der Waals surface area contributed by atoms with Gasteiger partial charge in [-0.05, 0) is 31.0 Å². The lowest BCUT2D eigenvalue weighted by molar-refractivity contribution is 0.197. The standard InChI is InChI=1S/C16H21ClN4O3S/c1-24-10-7-16-19-18-12-21(16)14-5-8-20(9-6-14)25(22,23)15-4-2-3-13(17)11-15/h2-4,11-12,14H,5-10H2,1H3. The fourth-order valence-electron chi connectivity index (χ4n) is 3.08. The van der Waals surface area contributed by atoms with Crippen LogP contribution in [0.25, 0.3) is 0 Å². The Kier molecular flexibility index (Phi) is 5.73. The van der Waals surface area contributed by atoms with E-state index < -0.39 is 10.0 Å². The molecule has 136 valence electrons. The van der Waals surface area contributed by atoms with E-state index in [2.05, 4.69) is 10.2 Å². The van der Waals surface area contributed by atoms with Crippen molar-refractivity contribution in [3.05, 3.63) is 41.4 Å². The van der Waals surface area contributed by atoms with E-state index in [-0.39, 0.29) is 10.9 Å². The highest BCUT2D eigenvalue weighted by Crippen LogP contribution is 2.28. The molecule has 3 rings (SSSR count). The number of ether oxygens (including phenoxy) is 1. The molecule has 0 bridgehead atoms. The first-order valence-electron chi connectivity index (χ1n) is 8.15. The molecular weight excluding hydrogens is 364 g/mol. The second-order valence-electron chi connectivity index (χ2n) is 5.99. The first kappa shape index (κ1) is 18.3. The average molecular weight is 385 g/mol. The Labute approximate surface area is 152 Å². The van der Waals surface area contributed by atoms with Gasteiger partial charge >= 0.3 is 0 Å². The van der Waals surface area contributed by atoms with Gasteiger partial charge in [-0.3, -0.25) is 0 Å². The Bertz CT molecular complexity index is 816. The molecule has 0 unspecified atom stereocenters. The third-order valence-corrected chi connectivity index (χ3v) is 6.56. The summed E-state index contributed by atoms with van der Waals surface area (Å²) in [7, 11) is -1.86. The zero-order valence-electron chi connectivity index (χ0n) is 14.0. The first-order chi connectivity index (χ1) is 12.0. The van der Waals surface area contributed by atoms with Crippen LogP contribution >= 0.6 is 11.6 Å². The van der Waals surface area contributed by atoms with E-state index in [4.69, 9.17) is 16.3 Å². The normalized spacial score (nSPS) is 17.0. The Morgan fingerprint density at radius 1 is 1.32 bits per heavy atom. The van der Waals surface area contributed by atoms with E-state index in [0.29, 0.717) is 31.1 Å². The molecule has 0 atom stereocenters. The largest absolute Gasteiger partial charge is 0.384 e. The predicted molar refractivity (Wildman–Crippen MR) is 94.1 cm³/mol. The third kappa shape index (κ3) is 4.03. The SMILES string of the molecule is COCCc1nncn1C1CCN(S(=O)(=O)c2cccc(Cl)c2)CC1. The van der Waals surface area contributed by atoms with Gasteiger partial charge in [0, 0.05) is 37.7 Å². The second kappa shape index (κ2) is 7.82. The van der Waals surface area contributed by atoms with Gasteiger partial charge in [-0.25, -0.2) is 8.42 Å². The van der Waals surface area contributed by atoms with Crippen LogP contribution in [0.4, 0.5) is 0 Å². The van der Waals surface area contributed by atoms with Gasteiger partial charge in [0.15, 0.2) is 0 Å². The maximum Gasteiger partial charge on any atom is 0.243 e. The monoisotopic (exact) mass is 384 g/mol. The van der Waals surface area contributed by atoms with Gasteiger partial charge in [0.1, 0.15) is 12.2 Å². The van der Waals surface area contributed by atoms with E-state index in [9.17, 15) is 8.42 Å². The molecule has 0 aliphatic carbocycles. The number of nitrogens with zero attached hydrogens (tertiary/aromatic N) is 4. The van der Waals surface area contributed by atoms with Crippen molar-refractivity contribution in [2.24, 2.45) is 0 Å². The molecule has 1 aliphatic rings. The van der Waals surface area contributed by atoms with Crippen LogP contribution in [0.3, 0.4) is 0 Å². The van der Waals surface area contributed by atoms with Gasteiger partial charge in [0.2, 0.25) is 10.0 Å². The van der Waals surface area contributed by atoms with Crippen molar-refractivity contribution in [3.63, 3.8) is 0 Å². The molecule has 1 fully saturated rings. The molecule has 1 aliphatic heterocycles. The van der Waals surface area contributed by atoms with Crippen LogP contribution in [0.15, 0.2) is 35.5 Å². The summed E-state index contributed by atoms with van der Waals surface area (Å²) in [5.74, 6) is 0.873. The van der Waals surface area contributed by atoms with Crippen molar-refractivity contribution in [1.29, 1.82) is 0 Å². The summed E-state index contributed by atoms with van der Waals surface area (Å²) in [4.78, 5) is 0.239. The lowest BCUT2D eigenvalue weighted by Crippen LogP contribution is -2.39. The second-order valence-corrected chi connectivity index (χ2v) is 8.36. The van der Waals surface area contributed by atoms with Crippen LogP contribution in [-0.2, 0) is 21.2 Å². The van der Waals surface area contributed by atoms with Gasteiger partial charge in [0.05, 0.1) is 11.5 Å². The van der Waals surface area contributed by atoms with Crippen LogP contribution in [0, 0.1) is 0 Å². The van der Waals surface area contributed by atoms with Crippen LogP contribution in [0.5, 0.6) is 0 Å². The van der Waals surface area contributed by atoms with E-state index in [1.165, 1.54) is 10.4 Å². The molecule has 0 N–H and O–H groups in total. The smallest absolute Gasteiger partial charge is 0.243 e. The molecule has 0 spiro atoms. The van der Waals surface area contributed by atoms with Crippen molar-refractivity contribution in [2.45, 2.75) is 30.2 Å². The number of rotatable bonds is 6.